The highest BCUT2D eigenvalue weighted by atomic mass is 32.2. The van der Waals surface area contributed by atoms with Crippen molar-refractivity contribution < 1.29 is 19.2 Å². The van der Waals surface area contributed by atoms with E-state index in [1.807, 2.05) is 0 Å². The lowest BCUT2D eigenvalue weighted by Gasteiger charge is -2.11. The predicted octanol–water partition coefficient (Wildman–Crippen LogP) is 2.57. The van der Waals surface area contributed by atoms with Gasteiger partial charge in [0.25, 0.3) is 5.69 Å². The second-order valence-corrected chi connectivity index (χ2v) is 7.55. The molecule has 2 N–H and O–H groups in total. The standard InChI is InChI=1S/C17H22N4O5S/c1-10(2)6-7-18-17-20-16(23)14(27-17)9-15(22)19-12-5-4-11(21(24)25)8-13(12)26-3/h4-5,8,10,14H,6-7,9H2,1-3H3,(H,19,22)(H,18,20,23)/t14-/m1/s1. The number of carbonyl (C=O) groups excluding carboxylic acids is 2. The van der Waals surface area contributed by atoms with Crippen molar-refractivity contribution in [3.8, 4) is 5.75 Å². The number of nitro groups is 1. The smallest absolute Gasteiger partial charge is 0.273 e. The van der Waals surface area contributed by atoms with Crippen molar-refractivity contribution in [2.75, 3.05) is 19.0 Å². The number of rotatable bonds is 8. The van der Waals surface area contributed by atoms with E-state index in [0.717, 1.165) is 6.42 Å². The third kappa shape index (κ3) is 5.95. The first-order valence-corrected chi connectivity index (χ1v) is 9.32. The van der Waals surface area contributed by atoms with Crippen molar-refractivity contribution in [3.05, 3.63) is 28.3 Å². The van der Waals surface area contributed by atoms with Gasteiger partial charge in [-0.3, -0.25) is 24.7 Å². The highest BCUT2D eigenvalue weighted by molar-refractivity contribution is 8.15. The van der Waals surface area contributed by atoms with Crippen LogP contribution in [-0.4, -0.2) is 40.8 Å². The van der Waals surface area contributed by atoms with Gasteiger partial charge in [0.1, 0.15) is 11.0 Å². The molecule has 1 atom stereocenters. The van der Waals surface area contributed by atoms with Crippen LogP contribution in [0.15, 0.2) is 23.2 Å². The molecule has 1 saturated heterocycles. The summed E-state index contributed by atoms with van der Waals surface area (Å²) in [6.07, 6.45) is 0.880. The number of amides is 2. The van der Waals surface area contributed by atoms with Gasteiger partial charge in [0.15, 0.2) is 5.17 Å². The van der Waals surface area contributed by atoms with Gasteiger partial charge in [0.05, 0.1) is 23.8 Å². The third-order valence-electron chi connectivity index (χ3n) is 3.78. The molecule has 1 aromatic carbocycles. The number of hydrogen-bond donors (Lipinski definition) is 2. The molecular weight excluding hydrogens is 372 g/mol. The Hall–Kier alpha value is -2.62. The highest BCUT2D eigenvalue weighted by Gasteiger charge is 2.32. The zero-order chi connectivity index (χ0) is 20.0. The summed E-state index contributed by atoms with van der Waals surface area (Å²) >= 11 is 1.23. The van der Waals surface area contributed by atoms with E-state index in [1.54, 1.807) is 0 Å². The van der Waals surface area contributed by atoms with Crippen LogP contribution in [0.25, 0.3) is 0 Å². The molecule has 146 valence electrons. The third-order valence-corrected chi connectivity index (χ3v) is 4.90. The van der Waals surface area contributed by atoms with Gasteiger partial charge in [-0.25, -0.2) is 0 Å². The van der Waals surface area contributed by atoms with Crippen LogP contribution in [0, 0.1) is 16.0 Å². The van der Waals surface area contributed by atoms with Crippen molar-refractivity contribution in [2.45, 2.75) is 31.9 Å². The van der Waals surface area contributed by atoms with E-state index in [1.165, 1.54) is 37.1 Å². The average Bonchev–Trinajstić information content (AvgIpc) is 2.94. The molecule has 1 aliphatic heterocycles. The first-order chi connectivity index (χ1) is 12.8. The van der Waals surface area contributed by atoms with E-state index >= 15 is 0 Å². The van der Waals surface area contributed by atoms with E-state index in [9.17, 15) is 19.7 Å². The second kappa shape index (κ2) is 9.36. The number of nitrogens with zero attached hydrogens (tertiary/aromatic N) is 2. The molecule has 1 aromatic rings. The first-order valence-electron chi connectivity index (χ1n) is 8.44. The Morgan fingerprint density at radius 2 is 2.22 bits per heavy atom. The topological polar surface area (TPSA) is 123 Å². The minimum absolute atomic E-state index is 0.0418. The van der Waals surface area contributed by atoms with Gasteiger partial charge in [0, 0.05) is 19.0 Å². The highest BCUT2D eigenvalue weighted by Crippen LogP contribution is 2.30. The lowest BCUT2D eigenvalue weighted by Crippen LogP contribution is -2.28. The zero-order valence-electron chi connectivity index (χ0n) is 15.4. The molecule has 1 fully saturated rings. The predicted molar refractivity (Wildman–Crippen MR) is 104 cm³/mol. The minimum Gasteiger partial charge on any atom is -0.494 e. The van der Waals surface area contributed by atoms with Crippen LogP contribution in [0.1, 0.15) is 26.7 Å². The van der Waals surface area contributed by atoms with Crippen molar-refractivity contribution in [1.29, 1.82) is 0 Å². The Morgan fingerprint density at radius 1 is 1.48 bits per heavy atom. The molecule has 0 saturated carbocycles. The maximum Gasteiger partial charge on any atom is 0.273 e. The van der Waals surface area contributed by atoms with Crippen molar-refractivity contribution in [1.82, 2.24) is 5.32 Å². The van der Waals surface area contributed by atoms with Gasteiger partial charge >= 0.3 is 0 Å². The van der Waals surface area contributed by atoms with E-state index in [4.69, 9.17) is 4.74 Å². The molecule has 0 spiro atoms. The van der Waals surface area contributed by atoms with Crippen molar-refractivity contribution in [3.63, 3.8) is 0 Å². The normalized spacial score (nSPS) is 17.9. The quantitative estimate of drug-likeness (QED) is 0.516. The van der Waals surface area contributed by atoms with Gasteiger partial charge in [-0.1, -0.05) is 25.6 Å². The van der Waals surface area contributed by atoms with Crippen LogP contribution < -0.4 is 15.4 Å². The molecule has 1 heterocycles. The van der Waals surface area contributed by atoms with Crippen LogP contribution in [0.5, 0.6) is 5.75 Å². The number of non-ortho nitro benzene ring substituents is 1. The second-order valence-electron chi connectivity index (χ2n) is 6.36. The van der Waals surface area contributed by atoms with Gasteiger partial charge < -0.3 is 15.4 Å². The number of amidine groups is 1. The lowest BCUT2D eigenvalue weighted by molar-refractivity contribution is -0.384. The van der Waals surface area contributed by atoms with Crippen LogP contribution in [0.2, 0.25) is 0 Å². The van der Waals surface area contributed by atoms with E-state index in [-0.39, 0.29) is 23.8 Å². The Labute approximate surface area is 161 Å². The number of carbonyl (C=O) groups is 2. The summed E-state index contributed by atoms with van der Waals surface area (Å²) < 4.78 is 5.09. The van der Waals surface area contributed by atoms with Gasteiger partial charge in [-0.2, -0.15) is 0 Å². The summed E-state index contributed by atoms with van der Waals surface area (Å²) in [6, 6.07) is 3.90. The summed E-state index contributed by atoms with van der Waals surface area (Å²) in [6.45, 7) is 4.82. The Kier molecular flexibility index (Phi) is 7.17. The largest absolute Gasteiger partial charge is 0.494 e. The van der Waals surface area contributed by atoms with Gasteiger partial charge in [-0.05, 0) is 18.4 Å². The fourth-order valence-electron chi connectivity index (χ4n) is 2.31. The van der Waals surface area contributed by atoms with Crippen LogP contribution >= 0.6 is 11.8 Å². The van der Waals surface area contributed by atoms with Gasteiger partial charge in [-0.15, -0.1) is 0 Å². The van der Waals surface area contributed by atoms with E-state index < -0.39 is 16.1 Å². The molecule has 0 radical (unpaired) electrons. The monoisotopic (exact) mass is 394 g/mol. The molecule has 27 heavy (non-hydrogen) atoms. The number of hydrogen-bond acceptors (Lipinski definition) is 7. The minimum atomic E-state index is -0.563. The molecule has 0 bridgehead atoms. The molecule has 2 rings (SSSR count). The molecule has 0 aliphatic carbocycles. The number of thioether (sulfide) groups is 1. The number of aliphatic imine (C=N–C) groups is 1. The van der Waals surface area contributed by atoms with E-state index in [0.29, 0.717) is 23.3 Å². The number of ether oxygens (including phenoxy) is 1. The zero-order valence-corrected chi connectivity index (χ0v) is 16.2. The fraction of sp³-hybridized carbons (Fsp3) is 0.471. The number of anilines is 1. The number of nitrogens with one attached hydrogen (secondary N) is 2. The van der Waals surface area contributed by atoms with Crippen LogP contribution in [-0.2, 0) is 9.59 Å². The Morgan fingerprint density at radius 3 is 2.85 bits per heavy atom. The summed E-state index contributed by atoms with van der Waals surface area (Å²) in [5.41, 5.74) is 0.167. The van der Waals surface area contributed by atoms with Crippen LogP contribution in [0.4, 0.5) is 11.4 Å². The number of benzene rings is 1. The number of methoxy groups -OCH3 is 1. The maximum absolute atomic E-state index is 12.3. The molecule has 0 aromatic heterocycles. The Bertz CT molecular complexity index is 766. The molecule has 1 aliphatic rings. The molecule has 10 heteroatoms. The molecule has 2 amide bonds. The Balaban J connectivity index is 1.96. The number of nitro benzene ring substituents is 1. The summed E-state index contributed by atoms with van der Waals surface area (Å²) in [7, 11) is 1.36. The van der Waals surface area contributed by atoms with Crippen LogP contribution in [0.3, 0.4) is 0 Å². The molecule has 9 nitrogen and oxygen atoms in total. The van der Waals surface area contributed by atoms with E-state index in [2.05, 4.69) is 29.5 Å². The lowest BCUT2D eigenvalue weighted by atomic mass is 10.1. The SMILES string of the molecule is COc1cc([N+](=O)[O-])ccc1NC(=O)C[C@H]1SC(=NCCC(C)C)NC1=O. The first kappa shape index (κ1) is 20.7. The maximum atomic E-state index is 12.3. The molecule has 0 unspecified atom stereocenters. The molecular formula is C17H22N4O5S. The summed E-state index contributed by atoms with van der Waals surface area (Å²) in [5.74, 6) is 0.0547. The average molecular weight is 394 g/mol. The van der Waals surface area contributed by atoms with Gasteiger partial charge in [0.2, 0.25) is 11.8 Å². The van der Waals surface area contributed by atoms with Crippen molar-refractivity contribution >= 4 is 40.1 Å². The summed E-state index contributed by atoms with van der Waals surface area (Å²) in [5, 5.41) is 16.1. The fourth-order valence-corrected chi connectivity index (χ4v) is 3.30. The summed E-state index contributed by atoms with van der Waals surface area (Å²) in [4.78, 5) is 38.9. The van der Waals surface area contributed by atoms with Crippen molar-refractivity contribution in [2.24, 2.45) is 10.9 Å².